The smallest absolute Gasteiger partial charge is 0.0841 e. The summed E-state index contributed by atoms with van der Waals surface area (Å²) in [6.07, 6.45) is 7.74. The van der Waals surface area contributed by atoms with Crippen LogP contribution in [0.4, 0.5) is 0 Å². The van der Waals surface area contributed by atoms with E-state index in [1.807, 2.05) is 31.5 Å². The molecule has 8 heavy (non-hydrogen) atoms. The van der Waals surface area contributed by atoms with Gasteiger partial charge in [-0.3, -0.25) is 4.99 Å². The van der Waals surface area contributed by atoms with E-state index in [2.05, 4.69) is 4.99 Å². The van der Waals surface area contributed by atoms with Crippen molar-refractivity contribution in [3.8, 4) is 0 Å². The Hall–Kier alpha value is -0.240. The van der Waals surface area contributed by atoms with Gasteiger partial charge in [0.25, 0.3) is 0 Å². The predicted molar refractivity (Wildman–Crippen MR) is 41.7 cm³/mol. The summed E-state index contributed by atoms with van der Waals surface area (Å²) in [7, 11) is 0. The van der Waals surface area contributed by atoms with Gasteiger partial charge in [-0.05, 0) is 19.3 Å². The van der Waals surface area contributed by atoms with Crippen molar-refractivity contribution in [1.82, 2.24) is 0 Å². The van der Waals surface area contributed by atoms with Crippen LogP contribution in [0.3, 0.4) is 0 Å². The third kappa shape index (κ3) is 5.76. The van der Waals surface area contributed by atoms with Gasteiger partial charge in [-0.2, -0.15) is 0 Å². The molecule has 0 unspecified atom stereocenters. The first kappa shape index (κ1) is 7.76. The lowest BCUT2D eigenvalue weighted by Crippen LogP contribution is -1.68. The zero-order valence-corrected chi connectivity index (χ0v) is 6.11. The first-order valence-corrected chi connectivity index (χ1v) is 3.91. The minimum absolute atomic E-state index is 0.865. The van der Waals surface area contributed by atoms with Crippen LogP contribution in [0.2, 0.25) is 0 Å². The van der Waals surface area contributed by atoms with Gasteiger partial charge < -0.3 is 0 Å². The molecule has 0 atom stereocenters. The molecule has 0 aromatic rings. The van der Waals surface area contributed by atoms with Gasteiger partial charge in [0.2, 0.25) is 0 Å². The SMILES string of the molecule is C/C=C\C=NCSC. The number of nitrogens with zero attached hydrogens (tertiary/aromatic N) is 1. The van der Waals surface area contributed by atoms with E-state index in [4.69, 9.17) is 0 Å². The monoisotopic (exact) mass is 129 g/mol. The van der Waals surface area contributed by atoms with Crippen LogP contribution in [0.15, 0.2) is 17.1 Å². The highest BCUT2D eigenvalue weighted by Gasteiger charge is 1.66. The van der Waals surface area contributed by atoms with Crippen molar-refractivity contribution >= 4 is 18.0 Å². The summed E-state index contributed by atoms with van der Waals surface area (Å²) in [5.41, 5.74) is 0. The molecule has 0 radical (unpaired) electrons. The Morgan fingerprint density at radius 2 is 2.38 bits per heavy atom. The van der Waals surface area contributed by atoms with Crippen LogP contribution in [0.25, 0.3) is 0 Å². The van der Waals surface area contributed by atoms with Crippen molar-refractivity contribution < 1.29 is 0 Å². The second kappa shape index (κ2) is 6.76. The number of aliphatic imine (C=N–C) groups is 1. The average molecular weight is 129 g/mol. The van der Waals surface area contributed by atoms with Crippen LogP contribution >= 0.6 is 11.8 Å². The molecular weight excluding hydrogens is 118 g/mol. The van der Waals surface area contributed by atoms with Crippen molar-refractivity contribution in [3.63, 3.8) is 0 Å². The highest BCUT2D eigenvalue weighted by Crippen LogP contribution is 1.88. The van der Waals surface area contributed by atoms with Crippen molar-refractivity contribution in [1.29, 1.82) is 0 Å². The Bertz CT molecular complexity index is 86.5. The van der Waals surface area contributed by atoms with E-state index in [0.29, 0.717) is 0 Å². The third-order valence-corrected chi connectivity index (χ3v) is 0.995. The number of allylic oxidation sites excluding steroid dienone is 2. The molecule has 0 aromatic heterocycles. The molecule has 0 fully saturated rings. The first-order valence-electron chi connectivity index (χ1n) is 2.52. The fourth-order valence-electron chi connectivity index (χ4n) is 0.264. The van der Waals surface area contributed by atoms with E-state index in [1.54, 1.807) is 11.8 Å². The lowest BCUT2D eigenvalue weighted by molar-refractivity contribution is 1.40. The van der Waals surface area contributed by atoms with E-state index in [-0.39, 0.29) is 0 Å². The van der Waals surface area contributed by atoms with E-state index in [1.165, 1.54) is 0 Å². The van der Waals surface area contributed by atoms with Gasteiger partial charge >= 0.3 is 0 Å². The fraction of sp³-hybridized carbons (Fsp3) is 0.500. The third-order valence-electron chi connectivity index (χ3n) is 0.588. The molecule has 0 aliphatic rings. The van der Waals surface area contributed by atoms with Gasteiger partial charge in [0.05, 0.1) is 5.88 Å². The maximum absolute atomic E-state index is 4.03. The normalized spacial score (nSPS) is 11.8. The maximum atomic E-state index is 4.03. The summed E-state index contributed by atoms with van der Waals surface area (Å²) < 4.78 is 0. The molecule has 0 aromatic carbocycles. The molecule has 0 amide bonds. The Kier molecular flexibility index (Phi) is 6.56. The molecule has 2 heteroatoms. The molecular formula is C6H11NS. The highest BCUT2D eigenvalue weighted by molar-refractivity contribution is 7.98. The van der Waals surface area contributed by atoms with Gasteiger partial charge in [0.15, 0.2) is 0 Å². The van der Waals surface area contributed by atoms with Crippen LogP contribution in [-0.2, 0) is 0 Å². The van der Waals surface area contributed by atoms with Gasteiger partial charge in [-0.15, -0.1) is 11.8 Å². The summed E-state index contributed by atoms with van der Waals surface area (Å²) in [6.45, 7) is 1.98. The summed E-state index contributed by atoms with van der Waals surface area (Å²) in [5, 5.41) is 0. The zero-order valence-electron chi connectivity index (χ0n) is 5.29. The average Bonchev–Trinajstić information content (AvgIpc) is 1.81. The Balaban J connectivity index is 3.07. The van der Waals surface area contributed by atoms with Crippen LogP contribution in [0.1, 0.15) is 6.92 Å². The fourth-order valence-corrected chi connectivity index (χ4v) is 0.500. The summed E-state index contributed by atoms with van der Waals surface area (Å²) in [5.74, 6) is 0.865. The zero-order chi connectivity index (χ0) is 6.24. The molecule has 0 saturated carbocycles. The number of thioether (sulfide) groups is 1. The van der Waals surface area contributed by atoms with Gasteiger partial charge in [0, 0.05) is 6.21 Å². The molecule has 0 bridgehead atoms. The van der Waals surface area contributed by atoms with Gasteiger partial charge in [0.1, 0.15) is 0 Å². The Morgan fingerprint density at radius 3 is 2.88 bits per heavy atom. The number of rotatable bonds is 3. The second-order valence-corrected chi connectivity index (χ2v) is 2.11. The van der Waals surface area contributed by atoms with E-state index in [0.717, 1.165) is 5.88 Å². The highest BCUT2D eigenvalue weighted by atomic mass is 32.2. The lowest BCUT2D eigenvalue weighted by atomic mass is 10.6. The summed E-state index contributed by atoms with van der Waals surface area (Å²) in [4.78, 5) is 4.03. The van der Waals surface area contributed by atoms with Crippen LogP contribution in [0, 0.1) is 0 Å². The summed E-state index contributed by atoms with van der Waals surface area (Å²) >= 11 is 1.72. The molecule has 0 heterocycles. The molecule has 0 spiro atoms. The van der Waals surface area contributed by atoms with E-state index in [9.17, 15) is 0 Å². The van der Waals surface area contributed by atoms with Crippen molar-refractivity contribution in [3.05, 3.63) is 12.2 Å². The minimum Gasteiger partial charge on any atom is -0.282 e. The predicted octanol–water partition coefficient (Wildman–Crippen LogP) is 1.95. The second-order valence-electron chi connectivity index (χ2n) is 1.28. The largest absolute Gasteiger partial charge is 0.282 e. The molecule has 1 nitrogen and oxygen atoms in total. The Morgan fingerprint density at radius 1 is 1.62 bits per heavy atom. The standard InChI is InChI=1S/C6H11NS/c1-3-4-5-7-6-8-2/h3-5H,6H2,1-2H3/b4-3-,7-5?. The van der Waals surface area contributed by atoms with Crippen molar-refractivity contribution in [2.45, 2.75) is 6.92 Å². The van der Waals surface area contributed by atoms with Crippen LogP contribution < -0.4 is 0 Å². The van der Waals surface area contributed by atoms with Crippen molar-refractivity contribution in [2.24, 2.45) is 4.99 Å². The maximum Gasteiger partial charge on any atom is 0.0841 e. The molecule has 0 rings (SSSR count). The lowest BCUT2D eigenvalue weighted by Gasteiger charge is -1.79. The first-order chi connectivity index (χ1) is 3.91. The molecule has 0 saturated heterocycles. The van der Waals surface area contributed by atoms with E-state index >= 15 is 0 Å². The van der Waals surface area contributed by atoms with Crippen LogP contribution in [-0.4, -0.2) is 18.3 Å². The number of hydrogen-bond donors (Lipinski definition) is 0. The summed E-state index contributed by atoms with van der Waals surface area (Å²) in [6, 6.07) is 0. The molecule has 0 aliphatic carbocycles. The Labute approximate surface area is 54.9 Å². The van der Waals surface area contributed by atoms with Gasteiger partial charge in [-0.25, -0.2) is 0 Å². The van der Waals surface area contributed by atoms with E-state index < -0.39 is 0 Å². The molecule has 0 aliphatic heterocycles. The van der Waals surface area contributed by atoms with Crippen LogP contribution in [0.5, 0.6) is 0 Å². The van der Waals surface area contributed by atoms with Crippen molar-refractivity contribution in [2.75, 3.05) is 12.1 Å². The molecule has 46 valence electrons. The topological polar surface area (TPSA) is 12.4 Å². The quantitative estimate of drug-likeness (QED) is 0.530. The molecule has 0 N–H and O–H groups in total. The van der Waals surface area contributed by atoms with Gasteiger partial charge in [-0.1, -0.05) is 6.08 Å². The minimum atomic E-state index is 0.865. The number of hydrogen-bond acceptors (Lipinski definition) is 2.